The first-order valence-corrected chi connectivity index (χ1v) is 9.94. The standard InChI is InChI=1S/C24H25N5O/c1-5-17-7-6-8-22(9-17)30-23-26-12-19(13-27-23)18-10-20(14-25-11-18)28-21-15-29(16-21)24(2,3)4/h1,6-14,21,28H,15-16H2,2-4H3. The van der Waals surface area contributed by atoms with E-state index in [0.29, 0.717) is 11.8 Å². The first-order chi connectivity index (χ1) is 14.4. The van der Waals surface area contributed by atoms with Gasteiger partial charge in [0.1, 0.15) is 5.75 Å². The Kier molecular flexibility index (Phi) is 5.39. The van der Waals surface area contributed by atoms with Gasteiger partial charge in [-0.15, -0.1) is 6.42 Å². The number of aromatic nitrogens is 3. The Morgan fingerprint density at radius 3 is 2.53 bits per heavy atom. The number of nitrogens with zero attached hydrogens (tertiary/aromatic N) is 4. The molecule has 2 aromatic heterocycles. The molecular formula is C24H25N5O. The highest BCUT2D eigenvalue weighted by atomic mass is 16.5. The second-order valence-corrected chi connectivity index (χ2v) is 8.41. The van der Waals surface area contributed by atoms with Crippen LogP contribution in [0.5, 0.6) is 11.8 Å². The Bertz CT molecular complexity index is 1060. The number of likely N-dealkylation sites (tertiary alicyclic amines) is 1. The molecule has 0 aliphatic carbocycles. The van der Waals surface area contributed by atoms with Crippen LogP contribution >= 0.6 is 0 Å². The van der Waals surface area contributed by atoms with Crippen LogP contribution in [0.25, 0.3) is 11.1 Å². The van der Waals surface area contributed by atoms with Crippen LogP contribution in [0.3, 0.4) is 0 Å². The van der Waals surface area contributed by atoms with Crippen molar-refractivity contribution in [3.8, 4) is 35.2 Å². The Hall–Kier alpha value is -3.43. The number of ether oxygens (including phenoxy) is 1. The molecule has 0 radical (unpaired) electrons. The molecule has 1 aliphatic rings. The van der Waals surface area contributed by atoms with Crippen molar-refractivity contribution in [3.63, 3.8) is 0 Å². The number of anilines is 1. The fraction of sp³-hybridized carbons (Fsp3) is 0.292. The molecule has 0 amide bonds. The van der Waals surface area contributed by atoms with Crippen LogP contribution in [0.4, 0.5) is 5.69 Å². The zero-order chi connectivity index (χ0) is 21.1. The van der Waals surface area contributed by atoms with Crippen molar-refractivity contribution in [1.29, 1.82) is 0 Å². The quantitative estimate of drug-likeness (QED) is 0.649. The third-order valence-electron chi connectivity index (χ3n) is 5.11. The van der Waals surface area contributed by atoms with Crippen LogP contribution in [0.1, 0.15) is 26.3 Å². The van der Waals surface area contributed by atoms with Gasteiger partial charge in [0.15, 0.2) is 0 Å². The molecule has 1 aromatic carbocycles. The van der Waals surface area contributed by atoms with Gasteiger partial charge < -0.3 is 10.1 Å². The average Bonchev–Trinajstić information content (AvgIpc) is 2.70. The molecule has 1 fully saturated rings. The smallest absolute Gasteiger partial charge is 0.321 e. The highest BCUT2D eigenvalue weighted by Crippen LogP contribution is 2.26. The van der Waals surface area contributed by atoms with Gasteiger partial charge in [-0.05, 0) is 45.0 Å². The molecule has 6 nitrogen and oxygen atoms in total. The van der Waals surface area contributed by atoms with Crippen LogP contribution in [0.15, 0.2) is 55.1 Å². The fourth-order valence-electron chi connectivity index (χ4n) is 3.30. The lowest BCUT2D eigenvalue weighted by Gasteiger charge is -2.48. The molecule has 0 bridgehead atoms. The van der Waals surface area contributed by atoms with Gasteiger partial charge in [-0.25, -0.2) is 9.97 Å². The van der Waals surface area contributed by atoms with E-state index in [9.17, 15) is 0 Å². The monoisotopic (exact) mass is 399 g/mol. The van der Waals surface area contributed by atoms with Gasteiger partial charge in [0, 0.05) is 60.1 Å². The summed E-state index contributed by atoms with van der Waals surface area (Å²) < 4.78 is 5.70. The van der Waals surface area contributed by atoms with E-state index in [2.05, 4.69) is 57.9 Å². The number of hydrogen-bond donors (Lipinski definition) is 1. The molecule has 4 rings (SSSR count). The number of terminal acetylenes is 1. The maximum atomic E-state index is 5.70. The summed E-state index contributed by atoms with van der Waals surface area (Å²) in [7, 11) is 0. The van der Waals surface area contributed by atoms with Gasteiger partial charge in [0.05, 0.1) is 11.7 Å². The van der Waals surface area contributed by atoms with E-state index in [1.807, 2.05) is 30.6 Å². The van der Waals surface area contributed by atoms with E-state index in [0.717, 1.165) is 35.5 Å². The molecule has 1 saturated heterocycles. The van der Waals surface area contributed by atoms with Crippen LogP contribution in [-0.2, 0) is 0 Å². The summed E-state index contributed by atoms with van der Waals surface area (Å²) in [5.74, 6) is 3.19. The van der Waals surface area contributed by atoms with E-state index in [1.54, 1.807) is 18.5 Å². The van der Waals surface area contributed by atoms with Crippen molar-refractivity contribution in [2.75, 3.05) is 18.4 Å². The summed E-state index contributed by atoms with van der Waals surface area (Å²) in [6, 6.07) is 10.1. The van der Waals surface area contributed by atoms with E-state index < -0.39 is 0 Å². The van der Waals surface area contributed by atoms with Gasteiger partial charge in [-0.2, -0.15) is 0 Å². The lowest BCUT2D eigenvalue weighted by Crippen LogP contribution is -2.61. The molecule has 152 valence electrons. The average molecular weight is 399 g/mol. The molecule has 1 N–H and O–H groups in total. The minimum absolute atomic E-state index is 0.210. The maximum absolute atomic E-state index is 5.70. The second kappa shape index (κ2) is 8.13. The molecule has 30 heavy (non-hydrogen) atoms. The largest absolute Gasteiger partial charge is 0.424 e. The summed E-state index contributed by atoms with van der Waals surface area (Å²) in [4.78, 5) is 15.5. The summed E-state index contributed by atoms with van der Waals surface area (Å²) in [5, 5.41) is 3.56. The molecule has 3 aromatic rings. The van der Waals surface area contributed by atoms with Gasteiger partial charge in [0.2, 0.25) is 0 Å². The number of benzene rings is 1. The second-order valence-electron chi connectivity index (χ2n) is 8.41. The lowest BCUT2D eigenvalue weighted by atomic mass is 9.97. The number of hydrogen-bond acceptors (Lipinski definition) is 6. The summed E-state index contributed by atoms with van der Waals surface area (Å²) in [6.07, 6.45) is 12.6. The zero-order valence-corrected chi connectivity index (χ0v) is 17.5. The van der Waals surface area contributed by atoms with Crippen molar-refractivity contribution >= 4 is 5.69 Å². The molecule has 6 heteroatoms. The summed E-state index contributed by atoms with van der Waals surface area (Å²) in [5.41, 5.74) is 3.78. The first kappa shape index (κ1) is 19.9. The topological polar surface area (TPSA) is 63.2 Å². The minimum atomic E-state index is 0.210. The van der Waals surface area contributed by atoms with E-state index >= 15 is 0 Å². The van der Waals surface area contributed by atoms with Crippen LogP contribution < -0.4 is 10.1 Å². The third kappa shape index (κ3) is 4.58. The molecule has 1 aliphatic heterocycles. The Labute approximate surface area is 177 Å². The number of nitrogens with one attached hydrogen (secondary N) is 1. The molecular weight excluding hydrogens is 374 g/mol. The third-order valence-corrected chi connectivity index (χ3v) is 5.11. The maximum Gasteiger partial charge on any atom is 0.321 e. The predicted octanol–water partition coefficient (Wildman–Crippen LogP) is 4.21. The van der Waals surface area contributed by atoms with Gasteiger partial charge in [-0.1, -0.05) is 12.0 Å². The van der Waals surface area contributed by atoms with Crippen LogP contribution in [0.2, 0.25) is 0 Å². The van der Waals surface area contributed by atoms with Gasteiger partial charge in [-0.3, -0.25) is 9.88 Å². The predicted molar refractivity (Wildman–Crippen MR) is 118 cm³/mol. The lowest BCUT2D eigenvalue weighted by molar-refractivity contribution is 0.0567. The Balaban J connectivity index is 1.41. The normalized spacial score (nSPS) is 14.6. The van der Waals surface area contributed by atoms with E-state index in [1.165, 1.54) is 0 Å². The molecule has 0 atom stereocenters. The van der Waals surface area contributed by atoms with Crippen molar-refractivity contribution in [2.45, 2.75) is 32.4 Å². The zero-order valence-electron chi connectivity index (χ0n) is 17.5. The van der Waals surface area contributed by atoms with Crippen molar-refractivity contribution in [1.82, 2.24) is 19.9 Å². The Morgan fingerprint density at radius 1 is 1.07 bits per heavy atom. The summed E-state index contributed by atoms with van der Waals surface area (Å²) in [6.45, 7) is 8.78. The highest BCUT2D eigenvalue weighted by molar-refractivity contribution is 5.65. The SMILES string of the molecule is C#Cc1cccc(Oc2ncc(-c3cncc(NC4CN(C(C)(C)C)C4)c3)cn2)c1. The molecule has 0 saturated carbocycles. The first-order valence-electron chi connectivity index (χ1n) is 9.94. The van der Waals surface area contributed by atoms with Crippen LogP contribution in [-0.4, -0.2) is 44.5 Å². The van der Waals surface area contributed by atoms with E-state index in [-0.39, 0.29) is 11.5 Å². The minimum Gasteiger partial charge on any atom is -0.424 e. The summed E-state index contributed by atoms with van der Waals surface area (Å²) >= 11 is 0. The number of pyridine rings is 1. The van der Waals surface area contributed by atoms with Crippen LogP contribution in [0, 0.1) is 12.3 Å². The van der Waals surface area contributed by atoms with E-state index in [4.69, 9.17) is 11.2 Å². The van der Waals surface area contributed by atoms with Crippen molar-refractivity contribution in [2.24, 2.45) is 0 Å². The van der Waals surface area contributed by atoms with Gasteiger partial charge in [0.25, 0.3) is 0 Å². The van der Waals surface area contributed by atoms with Gasteiger partial charge >= 0.3 is 6.01 Å². The van der Waals surface area contributed by atoms with Crippen molar-refractivity contribution < 1.29 is 4.74 Å². The number of rotatable bonds is 5. The highest BCUT2D eigenvalue weighted by Gasteiger charge is 2.34. The van der Waals surface area contributed by atoms with Crippen molar-refractivity contribution in [3.05, 3.63) is 60.7 Å². The molecule has 3 heterocycles. The Morgan fingerprint density at radius 2 is 1.83 bits per heavy atom. The fourth-order valence-corrected chi connectivity index (χ4v) is 3.30. The molecule has 0 spiro atoms. The molecule has 0 unspecified atom stereocenters.